The van der Waals surface area contributed by atoms with Gasteiger partial charge in [0, 0.05) is 11.7 Å². The van der Waals surface area contributed by atoms with Crippen molar-refractivity contribution >= 4 is 53.9 Å². The molecule has 0 radical (unpaired) electrons. The van der Waals surface area contributed by atoms with Crippen LogP contribution >= 0.6 is 48.0 Å². The molecule has 9 heteroatoms. The van der Waals surface area contributed by atoms with Crippen LogP contribution in [0.1, 0.15) is 32.6 Å². The van der Waals surface area contributed by atoms with Gasteiger partial charge in [0.1, 0.15) is 11.6 Å². The maximum absolute atomic E-state index is 12.2. The maximum Gasteiger partial charge on any atom is 0.232 e. The van der Waals surface area contributed by atoms with E-state index in [1.165, 1.54) is 6.20 Å². The van der Waals surface area contributed by atoms with Crippen LogP contribution < -0.4 is 15.8 Å². The van der Waals surface area contributed by atoms with E-state index in [1.807, 2.05) is 6.92 Å². The van der Waals surface area contributed by atoms with E-state index in [2.05, 4.69) is 10.3 Å². The first-order chi connectivity index (χ1) is 10.4. The minimum absolute atomic E-state index is 0. The van der Waals surface area contributed by atoms with Crippen molar-refractivity contribution in [2.24, 2.45) is 11.7 Å². The summed E-state index contributed by atoms with van der Waals surface area (Å²) in [5.74, 6) is 0.156. The Kier molecular flexibility index (Phi) is 10.3. The molecule has 0 spiro atoms. The van der Waals surface area contributed by atoms with Gasteiger partial charge in [-0.25, -0.2) is 4.98 Å². The van der Waals surface area contributed by atoms with Gasteiger partial charge in [-0.15, -0.1) is 24.8 Å². The normalized spacial score (nSPS) is 22.8. The minimum atomic E-state index is -0.426. The Hall–Kier alpha value is -0.460. The van der Waals surface area contributed by atoms with Crippen LogP contribution in [0.4, 0.5) is 0 Å². The van der Waals surface area contributed by atoms with Crippen molar-refractivity contribution in [3.8, 4) is 5.88 Å². The van der Waals surface area contributed by atoms with E-state index < -0.39 is 5.54 Å². The van der Waals surface area contributed by atoms with Gasteiger partial charge in [0.25, 0.3) is 0 Å². The Morgan fingerprint density at radius 2 is 2.17 bits per heavy atom. The summed E-state index contributed by atoms with van der Waals surface area (Å²) >= 11 is 11.7. The third-order valence-electron chi connectivity index (χ3n) is 3.98. The monoisotopic (exact) mass is 417 g/mol. The molecule has 2 unspecified atom stereocenters. The zero-order valence-electron chi connectivity index (χ0n) is 13.4. The van der Waals surface area contributed by atoms with Crippen molar-refractivity contribution in [3.63, 3.8) is 0 Å². The number of pyridine rings is 1. The maximum atomic E-state index is 12.2. The second-order valence-electron chi connectivity index (χ2n) is 5.88. The fourth-order valence-corrected chi connectivity index (χ4v) is 3.18. The SMILES string of the molecule is CC1(N)CCCCC1C(=O)NCCOc1ncc(Cl)cc1Cl.Cl.Cl. The second kappa shape index (κ2) is 10.5. The predicted molar refractivity (Wildman–Crippen MR) is 102 cm³/mol. The molecular formula is C15H23Cl4N3O2. The molecule has 1 aromatic rings. The number of ether oxygens (including phenoxy) is 1. The summed E-state index contributed by atoms with van der Waals surface area (Å²) < 4.78 is 5.43. The molecule has 2 atom stereocenters. The third-order valence-corrected chi connectivity index (χ3v) is 4.46. The summed E-state index contributed by atoms with van der Waals surface area (Å²) in [5, 5.41) is 3.67. The Bertz CT molecular complexity index is 543. The Balaban J connectivity index is 0.00000264. The molecule has 0 aromatic carbocycles. The van der Waals surface area contributed by atoms with Gasteiger partial charge in [-0.1, -0.05) is 36.0 Å². The van der Waals surface area contributed by atoms with Crippen LogP contribution in [0.25, 0.3) is 0 Å². The predicted octanol–water partition coefficient (Wildman–Crippen LogP) is 3.63. The van der Waals surface area contributed by atoms with Gasteiger partial charge in [-0.2, -0.15) is 0 Å². The van der Waals surface area contributed by atoms with Gasteiger partial charge < -0.3 is 15.8 Å². The number of carbonyl (C=O) groups excluding carboxylic acids is 1. The van der Waals surface area contributed by atoms with Crippen LogP contribution in [0.15, 0.2) is 12.3 Å². The lowest BCUT2D eigenvalue weighted by molar-refractivity contribution is -0.128. The van der Waals surface area contributed by atoms with Gasteiger partial charge in [-0.05, 0) is 25.8 Å². The van der Waals surface area contributed by atoms with Crippen LogP contribution in [-0.2, 0) is 4.79 Å². The highest BCUT2D eigenvalue weighted by Gasteiger charge is 2.37. The quantitative estimate of drug-likeness (QED) is 0.715. The molecule has 1 saturated carbocycles. The highest BCUT2D eigenvalue weighted by Crippen LogP contribution is 2.31. The third kappa shape index (κ3) is 6.45. The Morgan fingerprint density at radius 1 is 1.46 bits per heavy atom. The first-order valence-electron chi connectivity index (χ1n) is 7.40. The number of rotatable bonds is 5. The van der Waals surface area contributed by atoms with Gasteiger partial charge in [0.05, 0.1) is 17.5 Å². The zero-order chi connectivity index (χ0) is 16.2. The van der Waals surface area contributed by atoms with Crippen LogP contribution in [0.5, 0.6) is 5.88 Å². The van der Waals surface area contributed by atoms with Crippen LogP contribution in [0.2, 0.25) is 10.0 Å². The van der Waals surface area contributed by atoms with E-state index in [-0.39, 0.29) is 43.2 Å². The average Bonchev–Trinajstić information content (AvgIpc) is 2.44. The Labute approximate surface area is 164 Å². The standard InChI is InChI=1S/C15H21Cl2N3O2.2ClH/c1-15(18)5-3-2-4-11(15)13(21)19-6-7-22-14-12(17)8-10(16)9-20-14;;/h8-9,11H,2-7,18H2,1H3,(H,19,21);2*1H. The number of carbonyl (C=O) groups is 1. The number of hydrogen-bond acceptors (Lipinski definition) is 4. The molecule has 0 bridgehead atoms. The van der Waals surface area contributed by atoms with Crippen LogP contribution in [-0.4, -0.2) is 29.6 Å². The molecule has 1 aliphatic rings. The molecule has 1 aliphatic carbocycles. The van der Waals surface area contributed by atoms with Crippen molar-refractivity contribution in [2.45, 2.75) is 38.1 Å². The Morgan fingerprint density at radius 3 is 2.79 bits per heavy atom. The highest BCUT2D eigenvalue weighted by molar-refractivity contribution is 6.35. The average molecular weight is 419 g/mol. The van der Waals surface area contributed by atoms with Crippen LogP contribution in [0.3, 0.4) is 0 Å². The zero-order valence-corrected chi connectivity index (χ0v) is 16.5. The topological polar surface area (TPSA) is 77.2 Å². The summed E-state index contributed by atoms with van der Waals surface area (Å²) in [5.41, 5.74) is 5.79. The number of halogens is 4. The van der Waals surface area contributed by atoms with E-state index in [0.29, 0.717) is 22.5 Å². The molecular weight excluding hydrogens is 396 g/mol. The lowest BCUT2D eigenvalue weighted by Gasteiger charge is -2.37. The highest BCUT2D eigenvalue weighted by atomic mass is 35.5. The molecule has 0 aliphatic heterocycles. The summed E-state index contributed by atoms with van der Waals surface area (Å²) in [4.78, 5) is 16.2. The van der Waals surface area contributed by atoms with E-state index in [0.717, 1.165) is 25.7 Å². The molecule has 1 aromatic heterocycles. The lowest BCUT2D eigenvalue weighted by Crippen LogP contribution is -2.53. The molecule has 5 nitrogen and oxygen atoms in total. The van der Waals surface area contributed by atoms with E-state index in [4.69, 9.17) is 33.7 Å². The van der Waals surface area contributed by atoms with Crippen molar-refractivity contribution in [1.82, 2.24) is 10.3 Å². The molecule has 1 fully saturated rings. The van der Waals surface area contributed by atoms with Gasteiger partial charge in [-0.3, -0.25) is 4.79 Å². The minimum Gasteiger partial charge on any atom is -0.475 e. The molecule has 3 N–H and O–H groups in total. The van der Waals surface area contributed by atoms with Crippen molar-refractivity contribution in [1.29, 1.82) is 0 Å². The van der Waals surface area contributed by atoms with Gasteiger partial charge >= 0.3 is 0 Å². The molecule has 138 valence electrons. The lowest BCUT2D eigenvalue weighted by atomic mass is 9.74. The fraction of sp³-hybridized carbons (Fsp3) is 0.600. The van der Waals surface area contributed by atoms with Gasteiger partial charge in [0.2, 0.25) is 11.8 Å². The van der Waals surface area contributed by atoms with Crippen molar-refractivity contribution < 1.29 is 9.53 Å². The van der Waals surface area contributed by atoms with Crippen molar-refractivity contribution in [2.75, 3.05) is 13.2 Å². The first-order valence-corrected chi connectivity index (χ1v) is 8.16. The van der Waals surface area contributed by atoms with E-state index in [9.17, 15) is 4.79 Å². The summed E-state index contributed by atoms with van der Waals surface area (Å²) in [6.45, 7) is 2.62. The van der Waals surface area contributed by atoms with Gasteiger partial charge in [0.15, 0.2) is 0 Å². The summed E-state index contributed by atoms with van der Waals surface area (Å²) in [7, 11) is 0. The summed E-state index contributed by atoms with van der Waals surface area (Å²) in [6, 6.07) is 1.56. The number of amides is 1. The van der Waals surface area contributed by atoms with Crippen LogP contribution in [0, 0.1) is 5.92 Å². The largest absolute Gasteiger partial charge is 0.475 e. The summed E-state index contributed by atoms with van der Waals surface area (Å²) in [6.07, 6.45) is 5.31. The molecule has 24 heavy (non-hydrogen) atoms. The van der Waals surface area contributed by atoms with Crippen molar-refractivity contribution in [3.05, 3.63) is 22.3 Å². The second-order valence-corrected chi connectivity index (χ2v) is 6.73. The first kappa shape index (κ1) is 23.5. The number of aromatic nitrogens is 1. The molecule has 0 saturated heterocycles. The fourth-order valence-electron chi connectivity index (χ4n) is 2.74. The molecule has 1 heterocycles. The van der Waals surface area contributed by atoms with E-state index in [1.54, 1.807) is 6.07 Å². The number of nitrogens with one attached hydrogen (secondary N) is 1. The molecule has 1 amide bonds. The number of hydrogen-bond donors (Lipinski definition) is 2. The number of nitrogens with zero attached hydrogens (tertiary/aromatic N) is 1. The smallest absolute Gasteiger partial charge is 0.232 e. The van der Waals surface area contributed by atoms with E-state index >= 15 is 0 Å². The molecule has 2 rings (SSSR count). The number of nitrogens with two attached hydrogens (primary N) is 1.